The third-order valence-corrected chi connectivity index (χ3v) is 5.85. The van der Waals surface area contributed by atoms with E-state index in [1.807, 2.05) is 0 Å². The first-order valence-corrected chi connectivity index (χ1v) is 10.8. The van der Waals surface area contributed by atoms with E-state index in [1.54, 1.807) is 34.9 Å². The minimum atomic E-state index is -4.34. The van der Waals surface area contributed by atoms with Gasteiger partial charge in [-0.15, -0.1) is 0 Å². The van der Waals surface area contributed by atoms with E-state index in [4.69, 9.17) is 4.74 Å². The number of hydrogen-bond acceptors (Lipinski definition) is 5. The SMILES string of the molecule is CN=S(=O)(CCCC(F)(F)F)CCC(NC(=O)OC(C)(C)C)C(=O)N=CN(C)C. The van der Waals surface area contributed by atoms with Crippen molar-refractivity contribution in [2.75, 3.05) is 32.6 Å². The van der Waals surface area contributed by atoms with Crippen LogP contribution in [-0.2, 0) is 19.3 Å². The van der Waals surface area contributed by atoms with Gasteiger partial charge in [-0.05, 0) is 33.6 Å². The Kier molecular flexibility index (Phi) is 10.6. The fourth-order valence-electron chi connectivity index (χ4n) is 2.05. The molecule has 0 saturated heterocycles. The molecule has 0 aliphatic heterocycles. The second-order valence-corrected chi connectivity index (χ2v) is 10.3. The number of rotatable bonds is 9. The van der Waals surface area contributed by atoms with Crippen LogP contribution < -0.4 is 5.32 Å². The Bertz CT molecular complexity index is 694. The van der Waals surface area contributed by atoms with Gasteiger partial charge in [0.2, 0.25) is 0 Å². The topological polar surface area (TPSA) is 100 Å². The molecular formula is C17H31F3N4O4S. The van der Waals surface area contributed by atoms with Crippen molar-refractivity contribution in [1.82, 2.24) is 10.2 Å². The van der Waals surface area contributed by atoms with Crippen molar-refractivity contribution in [1.29, 1.82) is 0 Å². The van der Waals surface area contributed by atoms with Gasteiger partial charge >= 0.3 is 12.3 Å². The summed E-state index contributed by atoms with van der Waals surface area (Å²) in [7, 11) is 1.60. The summed E-state index contributed by atoms with van der Waals surface area (Å²) >= 11 is 0. The number of carbonyl (C=O) groups excluding carboxylic acids is 2. The van der Waals surface area contributed by atoms with Crippen molar-refractivity contribution in [2.24, 2.45) is 9.36 Å². The van der Waals surface area contributed by atoms with Crippen LogP contribution in [0.4, 0.5) is 18.0 Å². The molecule has 0 radical (unpaired) electrons. The fourth-order valence-corrected chi connectivity index (χ4v) is 3.82. The van der Waals surface area contributed by atoms with Crippen LogP contribution in [-0.4, -0.2) is 77.9 Å². The largest absolute Gasteiger partial charge is 0.444 e. The second-order valence-electron chi connectivity index (χ2n) is 7.62. The Labute approximate surface area is 170 Å². The van der Waals surface area contributed by atoms with Crippen LogP contribution in [0.5, 0.6) is 0 Å². The van der Waals surface area contributed by atoms with Gasteiger partial charge < -0.3 is 15.0 Å². The Morgan fingerprint density at radius 2 is 1.79 bits per heavy atom. The number of carbonyl (C=O) groups is 2. The monoisotopic (exact) mass is 444 g/mol. The van der Waals surface area contributed by atoms with Crippen LogP contribution >= 0.6 is 0 Å². The number of alkyl carbamates (subject to hydrolysis) is 1. The van der Waals surface area contributed by atoms with Gasteiger partial charge in [-0.2, -0.15) is 13.2 Å². The van der Waals surface area contributed by atoms with Crippen molar-refractivity contribution in [3.8, 4) is 0 Å². The van der Waals surface area contributed by atoms with Gasteiger partial charge in [-0.25, -0.2) is 18.4 Å². The molecule has 2 amide bonds. The molecule has 0 bridgehead atoms. The van der Waals surface area contributed by atoms with E-state index in [1.165, 1.54) is 18.3 Å². The van der Waals surface area contributed by atoms with Crippen LogP contribution in [0, 0.1) is 0 Å². The van der Waals surface area contributed by atoms with Crippen molar-refractivity contribution >= 4 is 28.1 Å². The lowest BCUT2D eigenvalue weighted by atomic mass is 10.2. The van der Waals surface area contributed by atoms with Crippen molar-refractivity contribution < 1.29 is 31.7 Å². The number of ether oxygens (including phenoxy) is 1. The Balaban J connectivity index is 5.20. The molecular weight excluding hydrogens is 413 g/mol. The first-order valence-electron chi connectivity index (χ1n) is 8.98. The smallest absolute Gasteiger partial charge is 0.408 e. The molecule has 0 rings (SSSR count). The highest BCUT2D eigenvalue weighted by atomic mass is 32.2. The molecule has 0 saturated carbocycles. The summed E-state index contributed by atoms with van der Waals surface area (Å²) in [5.74, 6) is -1.11. The molecule has 0 aliphatic carbocycles. The highest BCUT2D eigenvalue weighted by molar-refractivity contribution is 7.93. The minimum Gasteiger partial charge on any atom is -0.444 e. The molecule has 0 heterocycles. The number of alkyl halides is 3. The summed E-state index contributed by atoms with van der Waals surface area (Å²) in [5, 5.41) is 2.38. The van der Waals surface area contributed by atoms with E-state index < -0.39 is 46.0 Å². The fraction of sp³-hybridized carbons (Fsp3) is 0.824. The van der Waals surface area contributed by atoms with Gasteiger partial charge in [-0.1, -0.05) is 0 Å². The average Bonchev–Trinajstić information content (AvgIpc) is 2.53. The normalized spacial score (nSPS) is 15.5. The molecule has 0 aromatic rings. The van der Waals surface area contributed by atoms with Gasteiger partial charge in [-0.3, -0.25) is 4.79 Å². The number of halogens is 3. The number of nitrogens with zero attached hydrogens (tertiary/aromatic N) is 3. The van der Waals surface area contributed by atoms with Crippen LogP contribution in [0.2, 0.25) is 0 Å². The summed E-state index contributed by atoms with van der Waals surface area (Å²) in [6.45, 7) is 4.95. The number of aliphatic imine (C=N–C) groups is 1. The van der Waals surface area contributed by atoms with Gasteiger partial charge in [0.25, 0.3) is 5.91 Å². The quantitative estimate of drug-likeness (QED) is 0.435. The molecule has 0 aromatic carbocycles. The summed E-state index contributed by atoms with van der Waals surface area (Å²) < 4.78 is 58.6. The number of hydrogen-bond donors (Lipinski definition) is 1. The van der Waals surface area contributed by atoms with Crippen molar-refractivity contribution in [3.63, 3.8) is 0 Å². The number of amides is 2. The molecule has 12 heteroatoms. The van der Waals surface area contributed by atoms with Gasteiger partial charge in [0.15, 0.2) is 0 Å². The second kappa shape index (κ2) is 11.4. The number of nitrogens with one attached hydrogen (secondary N) is 1. The molecule has 2 atom stereocenters. The maximum absolute atomic E-state index is 12.7. The molecule has 0 spiro atoms. The molecule has 2 unspecified atom stereocenters. The van der Waals surface area contributed by atoms with Crippen LogP contribution in [0.25, 0.3) is 0 Å². The maximum atomic E-state index is 12.7. The molecule has 29 heavy (non-hydrogen) atoms. The molecule has 8 nitrogen and oxygen atoms in total. The zero-order valence-corrected chi connectivity index (χ0v) is 18.5. The first-order chi connectivity index (χ1) is 13.1. The Morgan fingerprint density at radius 1 is 1.21 bits per heavy atom. The lowest BCUT2D eigenvalue weighted by molar-refractivity contribution is -0.134. The van der Waals surface area contributed by atoms with E-state index in [-0.39, 0.29) is 24.3 Å². The van der Waals surface area contributed by atoms with E-state index >= 15 is 0 Å². The predicted molar refractivity (Wildman–Crippen MR) is 106 cm³/mol. The highest BCUT2D eigenvalue weighted by Gasteiger charge is 2.28. The van der Waals surface area contributed by atoms with Crippen LogP contribution in [0.1, 0.15) is 40.0 Å². The highest BCUT2D eigenvalue weighted by Crippen LogP contribution is 2.22. The van der Waals surface area contributed by atoms with E-state index in [0.717, 1.165) is 0 Å². The lowest BCUT2D eigenvalue weighted by Gasteiger charge is -2.22. The molecule has 1 N–H and O–H groups in total. The van der Waals surface area contributed by atoms with E-state index in [0.29, 0.717) is 0 Å². The first kappa shape index (κ1) is 27.1. The lowest BCUT2D eigenvalue weighted by Crippen LogP contribution is -2.44. The summed E-state index contributed by atoms with van der Waals surface area (Å²) in [5.41, 5.74) is -0.797. The summed E-state index contributed by atoms with van der Waals surface area (Å²) in [4.78, 5) is 29.6. The van der Waals surface area contributed by atoms with E-state index in [9.17, 15) is 27.0 Å². The zero-order chi connectivity index (χ0) is 22.9. The van der Waals surface area contributed by atoms with Gasteiger partial charge in [0, 0.05) is 48.8 Å². The molecule has 0 aromatic heterocycles. The van der Waals surface area contributed by atoms with Crippen LogP contribution in [0.3, 0.4) is 0 Å². The molecule has 170 valence electrons. The molecule has 0 aliphatic rings. The average molecular weight is 445 g/mol. The maximum Gasteiger partial charge on any atom is 0.408 e. The Morgan fingerprint density at radius 3 is 2.24 bits per heavy atom. The van der Waals surface area contributed by atoms with Gasteiger partial charge in [0.05, 0.1) is 6.34 Å². The van der Waals surface area contributed by atoms with Crippen molar-refractivity contribution in [2.45, 2.75) is 57.9 Å². The summed E-state index contributed by atoms with van der Waals surface area (Å²) in [6, 6.07) is -1.15. The Hall–Kier alpha value is -1.85. The predicted octanol–water partition coefficient (Wildman–Crippen LogP) is 2.83. The van der Waals surface area contributed by atoms with Crippen LogP contribution in [0.15, 0.2) is 9.36 Å². The zero-order valence-electron chi connectivity index (χ0n) is 17.7. The third kappa shape index (κ3) is 13.9. The molecule has 0 fully saturated rings. The summed E-state index contributed by atoms with van der Waals surface area (Å²) in [6.07, 6.45) is -5.46. The third-order valence-electron chi connectivity index (χ3n) is 3.39. The minimum absolute atomic E-state index is 0.106. The standard InChI is InChI=1S/C17H31F3N4O4S/c1-16(2,3)28-15(26)23-13(14(25)22-12-24(5)6)8-11-29(27,21-4)10-7-9-17(18,19)20/h12-13H,7-11H2,1-6H3,(H,23,26). The van der Waals surface area contributed by atoms with E-state index in [2.05, 4.69) is 14.7 Å². The van der Waals surface area contributed by atoms with Gasteiger partial charge in [0.1, 0.15) is 11.6 Å². The van der Waals surface area contributed by atoms with Crippen molar-refractivity contribution in [3.05, 3.63) is 0 Å².